The summed E-state index contributed by atoms with van der Waals surface area (Å²) in [5, 5.41) is 9.72. The number of amides is 1. The van der Waals surface area contributed by atoms with Gasteiger partial charge in [-0.3, -0.25) is 15.4 Å². The van der Waals surface area contributed by atoms with Crippen molar-refractivity contribution in [1.29, 1.82) is 0 Å². The lowest BCUT2D eigenvalue weighted by Gasteiger charge is -2.31. The van der Waals surface area contributed by atoms with Gasteiger partial charge in [-0.25, -0.2) is 14.6 Å². The Labute approximate surface area is 196 Å². The van der Waals surface area contributed by atoms with Crippen LogP contribution in [0.2, 0.25) is 0 Å². The van der Waals surface area contributed by atoms with Crippen LogP contribution in [-0.4, -0.2) is 40.4 Å². The summed E-state index contributed by atoms with van der Waals surface area (Å²) in [7, 11) is 0. The summed E-state index contributed by atoms with van der Waals surface area (Å²) in [6.07, 6.45) is 0. The molecule has 0 aliphatic carbocycles. The number of benzene rings is 3. The molecule has 2 unspecified atom stereocenters. The van der Waals surface area contributed by atoms with E-state index in [2.05, 4.69) is 4.99 Å². The third-order valence-electron chi connectivity index (χ3n) is 5.57. The van der Waals surface area contributed by atoms with Crippen LogP contribution in [0, 0.1) is 0 Å². The van der Waals surface area contributed by atoms with E-state index < -0.39 is 29.6 Å². The molecular formula is C26H23N3O5. The Morgan fingerprint density at radius 2 is 1.59 bits per heavy atom. The number of ether oxygens (including phenoxy) is 1. The molecule has 34 heavy (non-hydrogen) atoms. The lowest BCUT2D eigenvalue weighted by Crippen LogP contribution is -2.62. The second-order valence-corrected chi connectivity index (χ2v) is 7.86. The molecule has 3 aromatic carbocycles. The lowest BCUT2D eigenvalue weighted by atomic mass is 10.00. The van der Waals surface area contributed by atoms with Gasteiger partial charge in [0.25, 0.3) is 11.6 Å². The van der Waals surface area contributed by atoms with E-state index in [4.69, 9.17) is 10.5 Å². The first-order chi connectivity index (χ1) is 16.3. The molecule has 0 bridgehead atoms. The number of anilines is 1. The van der Waals surface area contributed by atoms with Gasteiger partial charge in [0.1, 0.15) is 12.6 Å². The summed E-state index contributed by atoms with van der Waals surface area (Å²) in [5.41, 5.74) is 6.25. The maximum atomic E-state index is 13.7. The van der Waals surface area contributed by atoms with E-state index in [9.17, 15) is 19.5 Å². The first-order valence-electron chi connectivity index (χ1n) is 10.6. The van der Waals surface area contributed by atoms with Crippen LogP contribution in [0.1, 0.15) is 23.6 Å². The van der Waals surface area contributed by atoms with E-state index in [0.717, 1.165) is 4.90 Å². The summed E-state index contributed by atoms with van der Waals surface area (Å²) >= 11 is 0. The van der Waals surface area contributed by atoms with E-state index in [0.29, 0.717) is 16.7 Å². The van der Waals surface area contributed by atoms with Gasteiger partial charge < -0.3 is 9.84 Å². The number of fused-ring (bicyclic) bond motifs is 1. The van der Waals surface area contributed by atoms with Crippen LogP contribution >= 0.6 is 0 Å². The molecule has 0 saturated carbocycles. The zero-order valence-electron chi connectivity index (χ0n) is 18.4. The van der Waals surface area contributed by atoms with Crippen molar-refractivity contribution in [2.24, 2.45) is 10.7 Å². The molecule has 0 aromatic heterocycles. The highest BCUT2D eigenvalue weighted by atomic mass is 16.5. The fourth-order valence-corrected chi connectivity index (χ4v) is 3.74. The van der Waals surface area contributed by atoms with Crippen molar-refractivity contribution < 1.29 is 24.2 Å². The van der Waals surface area contributed by atoms with E-state index in [1.165, 1.54) is 6.92 Å². The van der Waals surface area contributed by atoms with Gasteiger partial charge in [-0.15, -0.1) is 0 Å². The number of hydrogen-bond acceptors (Lipinski definition) is 6. The molecule has 3 N–H and O–H groups in total. The first-order valence-corrected chi connectivity index (χ1v) is 10.6. The maximum absolute atomic E-state index is 13.7. The number of carbonyl (C=O) groups is 3. The van der Waals surface area contributed by atoms with E-state index >= 15 is 0 Å². The molecule has 0 saturated heterocycles. The Morgan fingerprint density at radius 3 is 2.24 bits per heavy atom. The number of esters is 1. The van der Waals surface area contributed by atoms with Crippen molar-refractivity contribution in [3.05, 3.63) is 102 Å². The van der Waals surface area contributed by atoms with Gasteiger partial charge in [0.05, 0.1) is 11.4 Å². The topological polar surface area (TPSA) is 122 Å². The highest BCUT2D eigenvalue weighted by molar-refractivity contribution is 6.25. The molecule has 0 fully saturated rings. The minimum Gasteiger partial charge on any atom is -0.480 e. The molecule has 8 heteroatoms. The van der Waals surface area contributed by atoms with Gasteiger partial charge in [0.2, 0.25) is 0 Å². The number of nitrogens with zero attached hydrogens (tertiary/aromatic N) is 2. The fraction of sp³-hybridized carbons (Fsp3) is 0.154. The van der Waals surface area contributed by atoms with Crippen LogP contribution in [0.5, 0.6) is 0 Å². The molecule has 1 heterocycles. The van der Waals surface area contributed by atoms with Crippen LogP contribution in [-0.2, 0) is 25.7 Å². The molecule has 1 aliphatic rings. The normalized spacial score (nSPS) is 18.4. The van der Waals surface area contributed by atoms with Crippen LogP contribution in [0.4, 0.5) is 5.69 Å². The number of aliphatic carboxylic acids is 1. The quantitative estimate of drug-likeness (QED) is 0.434. The number of benzodiazepines with no additional fused rings is 1. The van der Waals surface area contributed by atoms with E-state index in [1.807, 2.05) is 12.1 Å². The van der Waals surface area contributed by atoms with E-state index in [-0.39, 0.29) is 18.0 Å². The Balaban J connectivity index is 1.87. The molecule has 2 atom stereocenters. The number of carboxylic acid groups (broad SMARTS) is 1. The smallest absolute Gasteiger partial charge is 0.359 e. The Kier molecular flexibility index (Phi) is 6.25. The van der Waals surface area contributed by atoms with Crippen molar-refractivity contribution in [2.45, 2.75) is 25.2 Å². The van der Waals surface area contributed by atoms with Crippen LogP contribution in [0.15, 0.2) is 89.9 Å². The summed E-state index contributed by atoms with van der Waals surface area (Å²) < 4.78 is 5.40. The monoisotopic (exact) mass is 457 g/mol. The second kappa shape index (κ2) is 9.29. The average molecular weight is 457 g/mol. The largest absolute Gasteiger partial charge is 0.480 e. The predicted octanol–water partition coefficient (Wildman–Crippen LogP) is 2.74. The summed E-state index contributed by atoms with van der Waals surface area (Å²) in [6.45, 7) is 1.23. The third-order valence-corrected chi connectivity index (χ3v) is 5.57. The number of carboxylic acids is 1. The van der Waals surface area contributed by atoms with Crippen molar-refractivity contribution in [1.82, 2.24) is 0 Å². The number of rotatable bonds is 6. The molecule has 172 valence electrons. The zero-order chi connectivity index (χ0) is 24.3. The molecule has 4 rings (SSSR count). The highest BCUT2D eigenvalue weighted by Gasteiger charge is 2.51. The molecule has 0 spiro atoms. The summed E-state index contributed by atoms with van der Waals surface area (Å²) in [4.78, 5) is 44.4. The fourth-order valence-electron chi connectivity index (χ4n) is 3.74. The predicted molar refractivity (Wildman–Crippen MR) is 126 cm³/mol. The standard InChI is InChI=1S/C26H23N3O5/c1-17(23(30)31)29-21-15-9-8-14-20(21)22(19-12-6-3-7-13-19)28-26(27,24(29)32)25(33)34-16-18-10-4-2-5-11-18/h2-15,17H,16,27H2,1H3,(H,30,31). The molecular weight excluding hydrogens is 434 g/mol. The van der Waals surface area contributed by atoms with Crippen molar-refractivity contribution in [3.63, 3.8) is 0 Å². The average Bonchev–Trinajstić information content (AvgIpc) is 2.96. The van der Waals surface area contributed by atoms with Crippen LogP contribution in [0.3, 0.4) is 0 Å². The minimum atomic E-state index is -2.50. The van der Waals surface area contributed by atoms with Gasteiger partial charge in [0, 0.05) is 11.1 Å². The minimum absolute atomic E-state index is 0.122. The van der Waals surface area contributed by atoms with Gasteiger partial charge >= 0.3 is 11.9 Å². The first kappa shape index (κ1) is 22.9. The number of carbonyl (C=O) groups excluding carboxylic acids is 2. The molecule has 3 aromatic rings. The van der Waals surface area contributed by atoms with Gasteiger partial charge in [-0.1, -0.05) is 78.9 Å². The second-order valence-electron chi connectivity index (χ2n) is 7.86. The van der Waals surface area contributed by atoms with Crippen LogP contribution < -0.4 is 10.6 Å². The van der Waals surface area contributed by atoms with Crippen molar-refractivity contribution >= 4 is 29.2 Å². The van der Waals surface area contributed by atoms with Crippen molar-refractivity contribution in [2.75, 3.05) is 4.90 Å². The SMILES string of the molecule is CC(C(=O)O)N1C(=O)C(N)(C(=O)OCc2ccccc2)N=C(c2ccccc2)c2ccccc21. The lowest BCUT2D eigenvalue weighted by molar-refractivity contribution is -0.155. The Bertz CT molecular complexity index is 1260. The highest BCUT2D eigenvalue weighted by Crippen LogP contribution is 2.32. The number of aliphatic imine (C=N–C) groups is 1. The van der Waals surface area contributed by atoms with Gasteiger partial charge in [-0.2, -0.15) is 0 Å². The molecule has 1 aliphatic heterocycles. The van der Waals surface area contributed by atoms with Gasteiger partial charge in [0.15, 0.2) is 0 Å². The molecule has 8 nitrogen and oxygen atoms in total. The number of para-hydroxylation sites is 1. The van der Waals surface area contributed by atoms with Gasteiger partial charge in [-0.05, 0) is 18.6 Å². The number of hydrogen-bond donors (Lipinski definition) is 2. The Morgan fingerprint density at radius 1 is 1.00 bits per heavy atom. The van der Waals surface area contributed by atoms with Crippen LogP contribution in [0.25, 0.3) is 0 Å². The number of nitrogens with two attached hydrogens (primary N) is 1. The maximum Gasteiger partial charge on any atom is 0.359 e. The molecule has 1 amide bonds. The zero-order valence-corrected chi connectivity index (χ0v) is 18.4. The third kappa shape index (κ3) is 4.18. The molecule has 0 radical (unpaired) electrons. The van der Waals surface area contributed by atoms with E-state index in [1.54, 1.807) is 72.8 Å². The summed E-state index contributed by atoms with van der Waals surface area (Å²) in [6, 6.07) is 23.3. The summed E-state index contributed by atoms with van der Waals surface area (Å²) in [5.74, 6) is -3.32. The van der Waals surface area contributed by atoms with Crippen molar-refractivity contribution in [3.8, 4) is 0 Å². The Hall–Kier alpha value is -4.30.